The van der Waals surface area contributed by atoms with Gasteiger partial charge in [0.15, 0.2) is 0 Å². The maximum absolute atomic E-state index is 12.3. The Morgan fingerprint density at radius 2 is 2.11 bits per heavy atom. The Morgan fingerprint density at radius 1 is 1.42 bits per heavy atom. The summed E-state index contributed by atoms with van der Waals surface area (Å²) >= 11 is 0. The summed E-state index contributed by atoms with van der Waals surface area (Å²) in [5.41, 5.74) is -0.109. The summed E-state index contributed by atoms with van der Waals surface area (Å²) < 4.78 is 0. The number of hydrogen-bond donors (Lipinski definition) is 2. The van der Waals surface area contributed by atoms with Crippen molar-refractivity contribution < 1.29 is 4.79 Å². The second-order valence-electron chi connectivity index (χ2n) is 6.29. The van der Waals surface area contributed by atoms with E-state index in [1.807, 2.05) is 6.92 Å². The standard InChI is InChI=1S/C15H31N3O/c1-6-15(4,5)17-14(19)12(3)18-10-8-9-13(11-18)16-7-2/h12-13,16H,6-11H2,1-5H3,(H,17,19). The van der Waals surface area contributed by atoms with Crippen molar-refractivity contribution >= 4 is 5.91 Å². The van der Waals surface area contributed by atoms with Gasteiger partial charge in [-0.15, -0.1) is 0 Å². The predicted octanol–water partition coefficient (Wildman–Crippen LogP) is 1.75. The van der Waals surface area contributed by atoms with Crippen LogP contribution in [-0.4, -0.2) is 48.1 Å². The number of likely N-dealkylation sites (tertiary alicyclic amines) is 1. The highest BCUT2D eigenvalue weighted by Crippen LogP contribution is 2.14. The molecular weight excluding hydrogens is 238 g/mol. The van der Waals surface area contributed by atoms with Crippen molar-refractivity contribution in [3.8, 4) is 0 Å². The molecule has 2 atom stereocenters. The Bertz CT molecular complexity index is 289. The molecule has 4 heteroatoms. The lowest BCUT2D eigenvalue weighted by molar-refractivity contribution is -0.128. The van der Waals surface area contributed by atoms with Crippen molar-refractivity contribution in [1.29, 1.82) is 0 Å². The zero-order valence-corrected chi connectivity index (χ0v) is 13.3. The molecule has 0 aromatic rings. The average molecular weight is 269 g/mol. The van der Waals surface area contributed by atoms with E-state index in [4.69, 9.17) is 0 Å². The van der Waals surface area contributed by atoms with E-state index in [0.29, 0.717) is 6.04 Å². The van der Waals surface area contributed by atoms with Gasteiger partial charge in [0.05, 0.1) is 6.04 Å². The SMILES string of the molecule is CCNC1CCCN(C(C)C(=O)NC(C)(C)CC)C1. The van der Waals surface area contributed by atoms with Gasteiger partial charge in [-0.2, -0.15) is 0 Å². The molecule has 112 valence electrons. The molecule has 0 aliphatic carbocycles. The van der Waals surface area contributed by atoms with Gasteiger partial charge in [-0.1, -0.05) is 13.8 Å². The molecule has 1 amide bonds. The third-order valence-electron chi connectivity index (χ3n) is 4.22. The van der Waals surface area contributed by atoms with Gasteiger partial charge in [-0.3, -0.25) is 9.69 Å². The van der Waals surface area contributed by atoms with Crippen molar-refractivity contribution in [3.05, 3.63) is 0 Å². The van der Waals surface area contributed by atoms with Gasteiger partial charge < -0.3 is 10.6 Å². The number of hydrogen-bond acceptors (Lipinski definition) is 3. The first-order valence-electron chi connectivity index (χ1n) is 7.69. The van der Waals surface area contributed by atoms with Crippen LogP contribution in [0.5, 0.6) is 0 Å². The highest BCUT2D eigenvalue weighted by atomic mass is 16.2. The van der Waals surface area contributed by atoms with Gasteiger partial charge in [0, 0.05) is 18.1 Å². The summed E-state index contributed by atoms with van der Waals surface area (Å²) in [7, 11) is 0. The lowest BCUT2D eigenvalue weighted by Crippen LogP contribution is -2.56. The Morgan fingerprint density at radius 3 is 2.68 bits per heavy atom. The smallest absolute Gasteiger partial charge is 0.237 e. The van der Waals surface area contributed by atoms with E-state index in [9.17, 15) is 4.79 Å². The Balaban J connectivity index is 2.51. The van der Waals surface area contributed by atoms with Gasteiger partial charge in [-0.05, 0) is 53.1 Å². The molecule has 2 N–H and O–H groups in total. The Hall–Kier alpha value is -0.610. The molecule has 0 aromatic carbocycles. The molecule has 0 saturated carbocycles. The van der Waals surface area contributed by atoms with E-state index < -0.39 is 0 Å². The lowest BCUT2D eigenvalue weighted by atomic mass is 10.00. The summed E-state index contributed by atoms with van der Waals surface area (Å²) in [6.45, 7) is 13.4. The Labute approximate surface area is 118 Å². The van der Waals surface area contributed by atoms with Crippen LogP contribution in [0.4, 0.5) is 0 Å². The second kappa shape index (κ2) is 7.25. The molecule has 1 aliphatic heterocycles. The topological polar surface area (TPSA) is 44.4 Å². The van der Waals surface area contributed by atoms with Crippen LogP contribution in [0, 0.1) is 0 Å². The number of carbonyl (C=O) groups is 1. The quantitative estimate of drug-likeness (QED) is 0.772. The molecule has 19 heavy (non-hydrogen) atoms. The highest BCUT2D eigenvalue weighted by molar-refractivity contribution is 5.82. The minimum atomic E-state index is -0.109. The minimum Gasteiger partial charge on any atom is -0.350 e. The van der Waals surface area contributed by atoms with Crippen LogP contribution >= 0.6 is 0 Å². The number of amides is 1. The fraction of sp³-hybridized carbons (Fsp3) is 0.933. The lowest BCUT2D eigenvalue weighted by Gasteiger charge is -2.37. The largest absolute Gasteiger partial charge is 0.350 e. The van der Waals surface area contributed by atoms with Crippen LogP contribution in [0.15, 0.2) is 0 Å². The van der Waals surface area contributed by atoms with Crippen molar-refractivity contribution in [3.63, 3.8) is 0 Å². The van der Waals surface area contributed by atoms with E-state index in [0.717, 1.165) is 26.1 Å². The van der Waals surface area contributed by atoms with Crippen molar-refractivity contribution in [1.82, 2.24) is 15.5 Å². The van der Waals surface area contributed by atoms with Crippen LogP contribution < -0.4 is 10.6 Å². The molecule has 1 heterocycles. The number of piperidine rings is 1. The predicted molar refractivity (Wildman–Crippen MR) is 80.2 cm³/mol. The van der Waals surface area contributed by atoms with Crippen LogP contribution in [0.2, 0.25) is 0 Å². The zero-order valence-electron chi connectivity index (χ0n) is 13.3. The number of nitrogens with one attached hydrogen (secondary N) is 2. The normalized spacial score (nSPS) is 23.1. The van der Waals surface area contributed by atoms with Gasteiger partial charge in [0.2, 0.25) is 5.91 Å². The Kier molecular flexibility index (Phi) is 6.27. The molecule has 4 nitrogen and oxygen atoms in total. The van der Waals surface area contributed by atoms with Crippen LogP contribution in [0.3, 0.4) is 0 Å². The molecule has 1 rings (SSSR count). The van der Waals surface area contributed by atoms with Crippen LogP contribution in [-0.2, 0) is 4.79 Å². The average Bonchev–Trinajstić information content (AvgIpc) is 2.38. The van der Waals surface area contributed by atoms with Gasteiger partial charge in [0.1, 0.15) is 0 Å². The summed E-state index contributed by atoms with van der Waals surface area (Å²) in [6.07, 6.45) is 3.34. The summed E-state index contributed by atoms with van der Waals surface area (Å²) in [5.74, 6) is 0.156. The van der Waals surface area contributed by atoms with Crippen LogP contribution in [0.25, 0.3) is 0 Å². The van der Waals surface area contributed by atoms with E-state index in [1.54, 1.807) is 0 Å². The third-order valence-corrected chi connectivity index (χ3v) is 4.22. The van der Waals surface area contributed by atoms with E-state index in [2.05, 4.69) is 43.2 Å². The van der Waals surface area contributed by atoms with Gasteiger partial charge >= 0.3 is 0 Å². The first-order valence-corrected chi connectivity index (χ1v) is 7.69. The molecule has 1 aliphatic rings. The number of carbonyl (C=O) groups excluding carboxylic acids is 1. The van der Waals surface area contributed by atoms with Crippen molar-refractivity contribution in [2.45, 2.75) is 71.5 Å². The molecule has 0 aromatic heterocycles. The zero-order chi connectivity index (χ0) is 14.5. The van der Waals surface area contributed by atoms with Crippen molar-refractivity contribution in [2.24, 2.45) is 0 Å². The van der Waals surface area contributed by atoms with Crippen LogP contribution in [0.1, 0.15) is 53.9 Å². The fourth-order valence-electron chi connectivity index (χ4n) is 2.51. The molecular formula is C15H31N3O. The first kappa shape index (κ1) is 16.4. The molecule has 0 spiro atoms. The van der Waals surface area contributed by atoms with E-state index >= 15 is 0 Å². The molecule has 0 radical (unpaired) electrons. The fourth-order valence-corrected chi connectivity index (χ4v) is 2.51. The number of rotatable bonds is 6. The summed E-state index contributed by atoms with van der Waals surface area (Å²) in [4.78, 5) is 14.6. The molecule has 0 bridgehead atoms. The monoisotopic (exact) mass is 269 g/mol. The van der Waals surface area contributed by atoms with Gasteiger partial charge in [-0.25, -0.2) is 0 Å². The van der Waals surface area contributed by atoms with E-state index in [-0.39, 0.29) is 17.5 Å². The number of likely N-dealkylation sites (N-methyl/N-ethyl adjacent to an activating group) is 1. The van der Waals surface area contributed by atoms with Crippen molar-refractivity contribution in [2.75, 3.05) is 19.6 Å². The molecule has 2 unspecified atom stereocenters. The third kappa shape index (κ3) is 5.11. The molecule has 1 fully saturated rings. The summed E-state index contributed by atoms with van der Waals surface area (Å²) in [5, 5.41) is 6.64. The first-order chi connectivity index (χ1) is 8.89. The maximum Gasteiger partial charge on any atom is 0.237 e. The second-order valence-corrected chi connectivity index (χ2v) is 6.29. The van der Waals surface area contributed by atoms with E-state index in [1.165, 1.54) is 12.8 Å². The maximum atomic E-state index is 12.3. The number of nitrogens with zero attached hydrogens (tertiary/aromatic N) is 1. The molecule has 1 saturated heterocycles. The highest BCUT2D eigenvalue weighted by Gasteiger charge is 2.29. The van der Waals surface area contributed by atoms with Gasteiger partial charge in [0.25, 0.3) is 0 Å². The summed E-state index contributed by atoms with van der Waals surface area (Å²) in [6, 6.07) is 0.500. The minimum absolute atomic E-state index is 0.0349.